The molecule has 0 spiro atoms. The minimum Gasteiger partial charge on any atom is -0.466 e. The molecule has 8 heteroatoms. The number of nitrogens with zero attached hydrogens (tertiary/aromatic N) is 3. The summed E-state index contributed by atoms with van der Waals surface area (Å²) < 4.78 is 10.7. The number of esters is 1. The molecule has 3 rings (SSSR count). The quantitative estimate of drug-likeness (QED) is 0.340. The van der Waals surface area contributed by atoms with Crippen molar-refractivity contribution in [2.24, 2.45) is 0 Å². The first kappa shape index (κ1) is 26.2. The summed E-state index contributed by atoms with van der Waals surface area (Å²) in [5, 5.41) is 10.2. The maximum atomic E-state index is 13.6. The zero-order valence-electron chi connectivity index (χ0n) is 20.4. The number of hydroxylamine groups is 2. The van der Waals surface area contributed by atoms with Crippen molar-refractivity contribution in [2.75, 3.05) is 31.2 Å². The number of amides is 2. The minimum atomic E-state index is -0.517. The molecule has 0 aromatic heterocycles. The van der Waals surface area contributed by atoms with E-state index in [2.05, 4.69) is 6.07 Å². The van der Waals surface area contributed by atoms with Crippen LogP contribution in [0.25, 0.3) is 11.1 Å². The number of benzene rings is 2. The number of carbonyl (C=O) groups is 2. The molecular weight excluding hydrogens is 446 g/mol. The SMILES string of the molecule is CCCN(C(=O)N(CCC(=O)OCC)OC1CCCCO1)c1ccc(-c2ccc(C#N)cc2)cc1. The highest BCUT2D eigenvalue weighted by Gasteiger charge is 2.28. The minimum absolute atomic E-state index is 0.0316. The molecule has 186 valence electrons. The highest BCUT2D eigenvalue weighted by Crippen LogP contribution is 2.25. The summed E-state index contributed by atoms with van der Waals surface area (Å²) in [6.07, 6.45) is 2.87. The second kappa shape index (κ2) is 13.5. The summed E-state index contributed by atoms with van der Waals surface area (Å²) in [4.78, 5) is 33.1. The summed E-state index contributed by atoms with van der Waals surface area (Å²) >= 11 is 0. The lowest BCUT2D eigenvalue weighted by molar-refractivity contribution is -0.265. The molecule has 1 atom stereocenters. The Hall–Kier alpha value is -3.41. The van der Waals surface area contributed by atoms with Crippen molar-refractivity contribution in [1.82, 2.24) is 5.06 Å². The third-order valence-corrected chi connectivity index (χ3v) is 5.62. The van der Waals surface area contributed by atoms with Crippen molar-refractivity contribution in [1.29, 1.82) is 5.26 Å². The van der Waals surface area contributed by atoms with Crippen LogP contribution in [-0.4, -0.2) is 49.7 Å². The van der Waals surface area contributed by atoms with Gasteiger partial charge in [0, 0.05) is 25.3 Å². The Labute approximate surface area is 206 Å². The van der Waals surface area contributed by atoms with E-state index in [1.807, 2.05) is 43.3 Å². The molecule has 1 aliphatic rings. The van der Waals surface area contributed by atoms with Crippen molar-refractivity contribution in [3.63, 3.8) is 0 Å². The lowest BCUT2D eigenvalue weighted by Crippen LogP contribution is -2.47. The van der Waals surface area contributed by atoms with Crippen molar-refractivity contribution in [2.45, 2.75) is 52.2 Å². The lowest BCUT2D eigenvalue weighted by Gasteiger charge is -2.33. The molecule has 2 amide bonds. The molecule has 1 fully saturated rings. The number of nitriles is 1. The van der Waals surface area contributed by atoms with Gasteiger partial charge in [0.2, 0.25) is 0 Å². The van der Waals surface area contributed by atoms with E-state index >= 15 is 0 Å². The fourth-order valence-corrected chi connectivity index (χ4v) is 3.82. The maximum absolute atomic E-state index is 13.6. The van der Waals surface area contributed by atoms with Gasteiger partial charge < -0.3 is 9.47 Å². The molecule has 1 heterocycles. The van der Waals surface area contributed by atoms with E-state index in [1.165, 1.54) is 5.06 Å². The first-order valence-corrected chi connectivity index (χ1v) is 12.2. The average Bonchev–Trinajstić information content (AvgIpc) is 2.90. The Morgan fingerprint density at radius 1 is 1.03 bits per heavy atom. The molecule has 35 heavy (non-hydrogen) atoms. The third kappa shape index (κ3) is 7.54. The number of ether oxygens (including phenoxy) is 2. The van der Waals surface area contributed by atoms with Crippen molar-refractivity contribution < 1.29 is 23.9 Å². The maximum Gasteiger partial charge on any atom is 0.348 e. The van der Waals surface area contributed by atoms with E-state index in [9.17, 15) is 9.59 Å². The lowest BCUT2D eigenvalue weighted by atomic mass is 10.0. The zero-order chi connectivity index (χ0) is 25.0. The molecule has 2 aromatic rings. The third-order valence-electron chi connectivity index (χ3n) is 5.62. The number of hydrogen-bond donors (Lipinski definition) is 0. The largest absolute Gasteiger partial charge is 0.466 e. The van der Waals surface area contributed by atoms with Gasteiger partial charge in [-0.1, -0.05) is 31.2 Å². The summed E-state index contributed by atoms with van der Waals surface area (Å²) in [5.41, 5.74) is 3.30. The van der Waals surface area contributed by atoms with Gasteiger partial charge in [0.25, 0.3) is 0 Å². The Kier molecular flexibility index (Phi) is 10.1. The summed E-state index contributed by atoms with van der Waals surface area (Å²) in [5.74, 6) is -0.382. The van der Waals surface area contributed by atoms with Crippen LogP contribution in [0.4, 0.5) is 10.5 Å². The van der Waals surface area contributed by atoms with Crippen LogP contribution in [0.1, 0.15) is 51.5 Å². The molecule has 8 nitrogen and oxygen atoms in total. The topological polar surface area (TPSA) is 92.1 Å². The van der Waals surface area contributed by atoms with Crippen LogP contribution in [0.5, 0.6) is 0 Å². The van der Waals surface area contributed by atoms with Gasteiger partial charge in [-0.3, -0.25) is 9.69 Å². The normalized spacial score (nSPS) is 15.2. The van der Waals surface area contributed by atoms with E-state index in [-0.39, 0.29) is 31.6 Å². The van der Waals surface area contributed by atoms with Gasteiger partial charge in [0.15, 0.2) is 6.29 Å². The van der Waals surface area contributed by atoms with Gasteiger partial charge in [0.05, 0.1) is 31.2 Å². The molecule has 0 radical (unpaired) electrons. The molecule has 0 bridgehead atoms. The van der Waals surface area contributed by atoms with Gasteiger partial charge >= 0.3 is 12.0 Å². The fraction of sp³-hybridized carbons (Fsp3) is 0.444. The van der Waals surface area contributed by atoms with Crippen LogP contribution in [-0.2, 0) is 19.1 Å². The van der Waals surface area contributed by atoms with Gasteiger partial charge in [0.1, 0.15) is 0 Å². The van der Waals surface area contributed by atoms with Crippen LogP contribution >= 0.6 is 0 Å². The smallest absolute Gasteiger partial charge is 0.348 e. The molecular formula is C27H33N3O5. The number of anilines is 1. The predicted octanol–water partition coefficient (Wildman–Crippen LogP) is 5.28. The molecule has 1 aliphatic heterocycles. The fourth-order valence-electron chi connectivity index (χ4n) is 3.82. The van der Waals surface area contributed by atoms with E-state index in [4.69, 9.17) is 19.6 Å². The van der Waals surface area contributed by atoms with Crippen LogP contribution in [0.2, 0.25) is 0 Å². The second-order valence-corrected chi connectivity index (χ2v) is 8.23. The molecule has 1 saturated heterocycles. The highest BCUT2D eigenvalue weighted by atomic mass is 16.8. The summed E-state index contributed by atoms with van der Waals surface area (Å²) in [6.45, 7) is 5.17. The molecule has 1 unspecified atom stereocenters. The zero-order valence-corrected chi connectivity index (χ0v) is 20.4. The Balaban J connectivity index is 1.78. The van der Waals surface area contributed by atoms with E-state index < -0.39 is 6.29 Å². The number of hydrogen-bond acceptors (Lipinski definition) is 6. The van der Waals surface area contributed by atoms with E-state index in [1.54, 1.807) is 24.0 Å². The van der Waals surface area contributed by atoms with Gasteiger partial charge in [-0.05, 0) is 61.6 Å². The highest BCUT2D eigenvalue weighted by molar-refractivity contribution is 5.92. The molecule has 0 aliphatic carbocycles. The summed E-state index contributed by atoms with van der Waals surface area (Å²) in [7, 11) is 0. The first-order chi connectivity index (χ1) is 17.0. The molecule has 0 N–H and O–H groups in total. The second-order valence-electron chi connectivity index (χ2n) is 8.23. The van der Waals surface area contributed by atoms with Crippen molar-refractivity contribution >= 4 is 17.7 Å². The van der Waals surface area contributed by atoms with Gasteiger partial charge in [-0.15, -0.1) is 0 Å². The first-order valence-electron chi connectivity index (χ1n) is 12.2. The van der Waals surface area contributed by atoms with Crippen LogP contribution in [0, 0.1) is 11.3 Å². The van der Waals surface area contributed by atoms with Gasteiger partial charge in [-0.2, -0.15) is 10.3 Å². The monoisotopic (exact) mass is 479 g/mol. The Morgan fingerprint density at radius 3 is 2.29 bits per heavy atom. The molecule has 2 aromatic carbocycles. The van der Waals surface area contributed by atoms with E-state index in [0.717, 1.165) is 36.1 Å². The van der Waals surface area contributed by atoms with Crippen molar-refractivity contribution in [3.05, 3.63) is 54.1 Å². The number of carbonyl (C=O) groups excluding carboxylic acids is 2. The van der Waals surface area contributed by atoms with E-state index in [0.29, 0.717) is 25.1 Å². The Bertz CT molecular complexity index is 995. The van der Waals surface area contributed by atoms with Gasteiger partial charge in [-0.25, -0.2) is 9.63 Å². The Morgan fingerprint density at radius 2 is 1.71 bits per heavy atom. The number of urea groups is 1. The number of rotatable bonds is 10. The van der Waals surface area contributed by atoms with Crippen LogP contribution in [0.3, 0.4) is 0 Å². The van der Waals surface area contributed by atoms with Crippen LogP contribution in [0.15, 0.2) is 48.5 Å². The summed E-state index contributed by atoms with van der Waals surface area (Å²) in [6, 6.07) is 16.8. The average molecular weight is 480 g/mol. The standard InChI is InChI=1S/C27H33N3O5/c1-3-17-29(24-14-12-23(13-15-24)22-10-8-21(20-28)9-11-22)27(32)30(18-16-25(31)33-4-2)35-26-7-5-6-19-34-26/h8-15,26H,3-7,16-19H2,1-2H3. The molecule has 0 saturated carbocycles. The van der Waals surface area contributed by atoms with Crippen molar-refractivity contribution in [3.8, 4) is 17.2 Å². The van der Waals surface area contributed by atoms with Crippen LogP contribution < -0.4 is 4.90 Å². The predicted molar refractivity (Wildman–Crippen MR) is 132 cm³/mol.